The molecule has 2 saturated heterocycles. The number of nitrogens with zero attached hydrogens (tertiary/aromatic N) is 4. The molecule has 4 aliphatic rings. The minimum atomic E-state index is -0.866. The van der Waals surface area contributed by atoms with Crippen LogP contribution in [0.15, 0.2) is 48.5 Å². The van der Waals surface area contributed by atoms with Crippen LogP contribution in [0.1, 0.15) is 75.3 Å². The molecule has 2 heterocycles. The van der Waals surface area contributed by atoms with Crippen LogP contribution in [0, 0.1) is 6.92 Å². The van der Waals surface area contributed by atoms with Crippen LogP contribution in [0.25, 0.3) is 0 Å². The summed E-state index contributed by atoms with van der Waals surface area (Å²) in [4.78, 5) is 58.9. The fourth-order valence-electron chi connectivity index (χ4n) is 7.47. The molecule has 2 aromatic rings. The molecule has 2 saturated carbocycles. The molecular formula is C35H40IN4O6S2-. The summed E-state index contributed by atoms with van der Waals surface area (Å²) in [5.74, 6) is -0.590. The fourth-order valence-corrected chi connectivity index (χ4v) is 10.4. The van der Waals surface area contributed by atoms with Gasteiger partial charge in [0.25, 0.3) is 0 Å². The molecule has 4 amide bonds. The van der Waals surface area contributed by atoms with Crippen molar-refractivity contribution in [1.82, 2.24) is 9.80 Å². The molecule has 4 fully saturated rings. The van der Waals surface area contributed by atoms with Crippen molar-refractivity contribution < 1.29 is 49.9 Å². The molecule has 0 N–H and O–H groups in total. The van der Waals surface area contributed by atoms with E-state index in [9.17, 15) is 19.2 Å². The van der Waals surface area contributed by atoms with Crippen molar-refractivity contribution >= 4 is 70.0 Å². The van der Waals surface area contributed by atoms with Crippen LogP contribution in [0.2, 0.25) is 0 Å². The van der Waals surface area contributed by atoms with Gasteiger partial charge in [0.1, 0.15) is 0 Å². The number of alkyl halides is 2. The molecule has 0 unspecified atom stereocenters. The van der Waals surface area contributed by atoms with Gasteiger partial charge in [0.05, 0.1) is 0 Å². The average molecular weight is 804 g/mol. The Morgan fingerprint density at radius 3 is 1.67 bits per heavy atom. The summed E-state index contributed by atoms with van der Waals surface area (Å²) < 4.78 is 12.1. The molecule has 2 spiro atoms. The van der Waals surface area contributed by atoms with E-state index in [-0.39, 0.29) is 49.9 Å². The number of rotatable bonds is 7. The van der Waals surface area contributed by atoms with E-state index >= 15 is 0 Å². The second-order valence-electron chi connectivity index (χ2n) is 12.8. The number of aryl methyl sites for hydroxylation is 1. The van der Waals surface area contributed by atoms with Crippen molar-refractivity contribution in [2.75, 3.05) is 27.9 Å². The van der Waals surface area contributed by atoms with Crippen LogP contribution < -0.4 is 31.0 Å². The van der Waals surface area contributed by atoms with Crippen molar-refractivity contribution in [1.29, 1.82) is 0 Å². The van der Waals surface area contributed by atoms with Gasteiger partial charge in [-0.2, -0.15) is 0 Å². The van der Waals surface area contributed by atoms with Crippen molar-refractivity contribution in [2.45, 2.75) is 86.6 Å². The number of hydrogen-bond donors (Lipinski definition) is 0. The molecule has 2 aliphatic carbocycles. The summed E-state index contributed by atoms with van der Waals surface area (Å²) in [6.07, 6.45) is 6.78. The van der Waals surface area contributed by atoms with Gasteiger partial charge in [0, 0.05) is 0 Å². The number of amides is 4. The second kappa shape index (κ2) is 14.4. The van der Waals surface area contributed by atoms with E-state index in [1.54, 1.807) is 0 Å². The molecule has 0 aromatic heterocycles. The topological polar surface area (TPSA) is 99.7 Å². The Bertz CT molecular complexity index is 1610. The number of imide groups is 2. The summed E-state index contributed by atoms with van der Waals surface area (Å²) in [7, 11) is 1.25. The average Bonchev–Trinajstić information content (AvgIpc) is 3.43. The van der Waals surface area contributed by atoms with Crippen LogP contribution >= 0.6 is 24.4 Å². The number of ether oxygens (including phenoxy) is 2. The first kappa shape index (κ1) is 34.7. The third kappa shape index (κ3) is 6.10. The molecule has 13 heteroatoms. The van der Waals surface area contributed by atoms with Crippen molar-refractivity contribution in [2.24, 2.45) is 0 Å². The van der Waals surface area contributed by atoms with Gasteiger partial charge in [0.2, 0.25) is 0 Å². The second-order valence-corrected chi connectivity index (χ2v) is 16.5. The zero-order chi connectivity index (χ0) is 34.1. The van der Waals surface area contributed by atoms with Crippen molar-refractivity contribution in [3.8, 4) is 0 Å². The third-order valence-electron chi connectivity index (χ3n) is 9.90. The zero-order valence-corrected chi connectivity index (χ0v) is 31.0. The SMILES string of the molecule is COC(=O)N1C(=O)C2(CCCCC2)N(c2ccc(C[I-]CCOC(=O)N3C(=O)C4(CCCCC4)N(c4ccc(C)cc4)C3=S)cc2)C1=S. The molecule has 6 rings (SSSR count). The Balaban J connectivity index is 1.06. The van der Waals surface area contributed by atoms with Gasteiger partial charge in [-0.3, -0.25) is 0 Å². The Kier molecular flexibility index (Phi) is 10.4. The van der Waals surface area contributed by atoms with E-state index in [1.165, 1.54) is 7.11 Å². The summed E-state index contributed by atoms with van der Waals surface area (Å²) in [6.45, 7) is 2.22. The number of hydrogen-bond acceptors (Lipinski definition) is 8. The maximum absolute atomic E-state index is 13.8. The quantitative estimate of drug-likeness (QED) is 0.179. The van der Waals surface area contributed by atoms with Gasteiger partial charge in [0.15, 0.2) is 0 Å². The Hall–Kier alpha value is -3.17. The molecule has 0 atom stereocenters. The van der Waals surface area contributed by atoms with E-state index in [0.717, 1.165) is 79.7 Å². The summed E-state index contributed by atoms with van der Waals surface area (Å²) in [6, 6.07) is 15.9. The van der Waals surface area contributed by atoms with E-state index < -0.39 is 23.3 Å². The maximum atomic E-state index is 13.8. The Labute approximate surface area is 302 Å². The molecule has 48 heavy (non-hydrogen) atoms. The molecule has 0 radical (unpaired) electrons. The van der Waals surface area contributed by atoms with E-state index in [4.69, 9.17) is 33.9 Å². The summed E-state index contributed by atoms with van der Waals surface area (Å²) in [5.41, 5.74) is 2.12. The first-order chi connectivity index (χ1) is 23.1. The van der Waals surface area contributed by atoms with E-state index in [2.05, 4.69) is 0 Å². The predicted molar refractivity (Wildman–Crippen MR) is 185 cm³/mol. The minimum absolute atomic E-state index is 0.156. The monoisotopic (exact) mass is 803 g/mol. The Morgan fingerprint density at radius 1 is 0.729 bits per heavy atom. The Morgan fingerprint density at radius 2 is 1.19 bits per heavy atom. The number of carbonyl (C=O) groups is 4. The van der Waals surface area contributed by atoms with Gasteiger partial charge in [-0.15, -0.1) is 0 Å². The first-order valence-corrected chi connectivity index (χ1v) is 20.3. The van der Waals surface area contributed by atoms with Crippen LogP contribution in [-0.4, -0.2) is 73.2 Å². The van der Waals surface area contributed by atoms with Gasteiger partial charge in [-0.25, -0.2) is 0 Å². The van der Waals surface area contributed by atoms with Gasteiger partial charge < -0.3 is 0 Å². The molecule has 256 valence electrons. The standard InChI is InChI=1S/C35H40IN4O6S2/c1-24-9-13-26(14-10-24)39-31(48)38(29(42)35(39)19-7-4-8-20-35)33(44)46-22-21-36-23-25-11-15-27(16-12-25)40-30(47)37(32(43)45-2)28(41)34(40)17-5-3-6-18-34/h9-16H,3-8,17-23H2,1-2H3/q-1. The van der Waals surface area contributed by atoms with Gasteiger partial charge in [-0.05, 0) is 0 Å². The molecule has 2 aliphatic heterocycles. The predicted octanol–water partition coefficient (Wildman–Crippen LogP) is 3.46. The van der Waals surface area contributed by atoms with Crippen LogP contribution in [0.3, 0.4) is 0 Å². The summed E-state index contributed by atoms with van der Waals surface area (Å²) >= 11 is 11.1. The molecule has 10 nitrogen and oxygen atoms in total. The number of anilines is 2. The van der Waals surface area contributed by atoms with Crippen LogP contribution in [0.5, 0.6) is 0 Å². The number of carbonyl (C=O) groups excluding carboxylic acids is 4. The van der Waals surface area contributed by atoms with Crippen LogP contribution in [-0.2, 0) is 23.5 Å². The number of methoxy groups -OCH3 is 1. The third-order valence-corrected chi connectivity index (χ3v) is 13.3. The number of halogens is 1. The summed E-state index contributed by atoms with van der Waals surface area (Å²) in [5, 5.41) is 0.345. The number of benzene rings is 2. The molecule has 2 aromatic carbocycles. The normalized spacial score (nSPS) is 20.4. The van der Waals surface area contributed by atoms with E-state index in [1.807, 2.05) is 65.3 Å². The van der Waals surface area contributed by atoms with Crippen LogP contribution in [0.4, 0.5) is 21.0 Å². The van der Waals surface area contributed by atoms with Gasteiger partial charge >= 0.3 is 304 Å². The molecular weight excluding hydrogens is 763 g/mol. The van der Waals surface area contributed by atoms with E-state index in [0.29, 0.717) is 25.7 Å². The van der Waals surface area contributed by atoms with Gasteiger partial charge in [-0.1, -0.05) is 0 Å². The van der Waals surface area contributed by atoms with Crippen molar-refractivity contribution in [3.05, 3.63) is 59.7 Å². The number of thiocarbonyl (C=S) groups is 2. The first-order valence-electron chi connectivity index (χ1n) is 16.5. The molecule has 0 bridgehead atoms. The van der Waals surface area contributed by atoms with Crippen molar-refractivity contribution in [3.63, 3.8) is 0 Å². The fraction of sp³-hybridized carbons (Fsp3) is 0.486. The zero-order valence-electron chi connectivity index (χ0n) is 27.2.